The van der Waals surface area contributed by atoms with Crippen molar-refractivity contribution in [3.05, 3.63) is 86.9 Å². The molecule has 1 amide bonds. The van der Waals surface area contributed by atoms with Gasteiger partial charge in [-0.3, -0.25) is 4.79 Å². The van der Waals surface area contributed by atoms with E-state index in [2.05, 4.69) is 39.9 Å². The van der Waals surface area contributed by atoms with Crippen molar-refractivity contribution in [1.82, 2.24) is 5.32 Å². The highest BCUT2D eigenvalue weighted by Crippen LogP contribution is 2.41. The molecule has 1 heterocycles. The van der Waals surface area contributed by atoms with Crippen LogP contribution in [0, 0.1) is 40.5 Å². The lowest BCUT2D eigenvalue weighted by Crippen LogP contribution is -2.29. The molecule has 1 saturated carbocycles. The topological polar surface area (TPSA) is 51.5 Å². The quantitative estimate of drug-likeness (QED) is 0.477. The predicted octanol–water partition coefficient (Wildman–Crippen LogP) is 6.30. The largest absolute Gasteiger partial charge is 0.497 e. The van der Waals surface area contributed by atoms with Crippen molar-refractivity contribution in [2.75, 3.05) is 7.11 Å². The Balaban J connectivity index is 1.51. The molecule has 2 aromatic carbocycles. The minimum atomic E-state index is -0.159. The van der Waals surface area contributed by atoms with Gasteiger partial charge in [0, 0.05) is 6.42 Å². The molecule has 0 spiro atoms. The van der Waals surface area contributed by atoms with E-state index in [1.54, 1.807) is 13.2 Å². The fourth-order valence-electron chi connectivity index (χ4n) is 4.54. The molecule has 4 rings (SSSR count). The number of amides is 1. The van der Waals surface area contributed by atoms with Gasteiger partial charge in [0.05, 0.1) is 13.2 Å². The summed E-state index contributed by atoms with van der Waals surface area (Å²) in [5, 5.41) is 3.20. The van der Waals surface area contributed by atoms with Crippen molar-refractivity contribution < 1.29 is 13.9 Å². The molecule has 32 heavy (non-hydrogen) atoms. The third kappa shape index (κ3) is 4.32. The summed E-state index contributed by atoms with van der Waals surface area (Å²) < 4.78 is 11.3. The maximum atomic E-state index is 13.0. The molecule has 0 aliphatic heterocycles. The lowest BCUT2D eigenvalue weighted by Gasteiger charge is -2.19. The van der Waals surface area contributed by atoms with Gasteiger partial charge in [-0.2, -0.15) is 0 Å². The summed E-state index contributed by atoms with van der Waals surface area (Å²) in [6, 6.07) is 11.7. The van der Waals surface area contributed by atoms with E-state index < -0.39 is 0 Å². The summed E-state index contributed by atoms with van der Waals surface area (Å²) >= 11 is 0. The lowest BCUT2D eigenvalue weighted by atomic mass is 9.88. The number of carbonyl (C=O) groups is 1. The highest BCUT2D eigenvalue weighted by Gasteiger charge is 2.34. The molecule has 1 aliphatic rings. The van der Waals surface area contributed by atoms with Gasteiger partial charge in [0.1, 0.15) is 11.5 Å². The van der Waals surface area contributed by atoms with E-state index in [9.17, 15) is 4.79 Å². The fraction of sp³-hybridized carbons (Fsp3) is 0.393. The van der Waals surface area contributed by atoms with Crippen LogP contribution < -0.4 is 10.1 Å². The first-order valence-corrected chi connectivity index (χ1v) is 11.4. The van der Waals surface area contributed by atoms with Crippen LogP contribution in [0.4, 0.5) is 0 Å². The van der Waals surface area contributed by atoms with Crippen LogP contribution >= 0.6 is 0 Å². The Labute approximate surface area is 191 Å². The summed E-state index contributed by atoms with van der Waals surface area (Å²) in [6.07, 6.45) is 2.95. The first kappa shape index (κ1) is 22.2. The molecule has 1 atom stereocenters. The summed E-state index contributed by atoms with van der Waals surface area (Å²) in [7, 11) is 1.66. The van der Waals surface area contributed by atoms with Crippen LogP contribution in [-0.4, -0.2) is 13.0 Å². The van der Waals surface area contributed by atoms with Crippen molar-refractivity contribution in [2.45, 2.75) is 59.9 Å². The van der Waals surface area contributed by atoms with Crippen LogP contribution in [0.15, 0.2) is 40.8 Å². The normalized spacial score (nSPS) is 14.3. The molecule has 1 aliphatic carbocycles. The van der Waals surface area contributed by atoms with E-state index in [1.807, 2.05) is 30.3 Å². The maximum absolute atomic E-state index is 13.0. The second-order valence-corrected chi connectivity index (χ2v) is 9.11. The molecular weight excluding hydrogens is 398 g/mol. The van der Waals surface area contributed by atoms with Crippen LogP contribution in [0.1, 0.15) is 74.1 Å². The van der Waals surface area contributed by atoms with Crippen molar-refractivity contribution in [1.29, 1.82) is 0 Å². The zero-order valence-corrected chi connectivity index (χ0v) is 20.0. The van der Waals surface area contributed by atoms with E-state index in [1.165, 1.54) is 33.4 Å². The molecule has 168 valence electrons. The summed E-state index contributed by atoms with van der Waals surface area (Å²) in [5.41, 5.74) is 9.03. The molecule has 4 nitrogen and oxygen atoms in total. The number of carbonyl (C=O) groups excluding carboxylic acids is 1. The van der Waals surface area contributed by atoms with Crippen LogP contribution in [0.3, 0.4) is 0 Å². The minimum Gasteiger partial charge on any atom is -0.497 e. The highest BCUT2D eigenvalue weighted by molar-refractivity contribution is 5.91. The molecule has 1 fully saturated rings. The van der Waals surface area contributed by atoms with E-state index in [-0.39, 0.29) is 11.9 Å². The smallest absolute Gasteiger partial charge is 0.287 e. The zero-order chi connectivity index (χ0) is 23.0. The fourth-order valence-corrected chi connectivity index (χ4v) is 4.54. The number of hydrogen-bond donors (Lipinski definition) is 1. The van der Waals surface area contributed by atoms with Crippen molar-refractivity contribution in [3.63, 3.8) is 0 Å². The van der Waals surface area contributed by atoms with E-state index in [4.69, 9.17) is 9.15 Å². The average Bonchev–Trinajstić information content (AvgIpc) is 3.54. The molecular formula is C28H33NO3. The number of hydrogen-bond acceptors (Lipinski definition) is 3. The Morgan fingerprint density at radius 3 is 2.09 bits per heavy atom. The molecule has 3 aromatic rings. The third-order valence-corrected chi connectivity index (χ3v) is 7.25. The standard InChI is InChI=1S/C28H33NO3/c1-16-17(2)19(4)25(20(5)18(16)3)15-24-13-14-26(32-24)28(30)29-27(21-7-8-21)22-9-11-23(31-6)12-10-22/h9-14,21,27H,7-8,15H2,1-6H3,(H,29,30). The van der Waals surface area contributed by atoms with Gasteiger partial charge >= 0.3 is 0 Å². The van der Waals surface area contributed by atoms with Gasteiger partial charge in [-0.1, -0.05) is 12.1 Å². The summed E-state index contributed by atoms with van der Waals surface area (Å²) in [4.78, 5) is 13.0. The Hall–Kier alpha value is -3.01. The Bertz CT molecular complexity index is 1110. The number of ether oxygens (including phenoxy) is 1. The number of furan rings is 1. The van der Waals surface area contributed by atoms with E-state index >= 15 is 0 Å². The van der Waals surface area contributed by atoms with Crippen molar-refractivity contribution in [2.24, 2.45) is 5.92 Å². The molecule has 0 bridgehead atoms. The highest BCUT2D eigenvalue weighted by atomic mass is 16.5. The molecule has 0 saturated heterocycles. The second-order valence-electron chi connectivity index (χ2n) is 9.11. The van der Waals surface area contributed by atoms with Gasteiger partial charge in [0.2, 0.25) is 0 Å². The van der Waals surface area contributed by atoms with Crippen LogP contribution in [-0.2, 0) is 6.42 Å². The molecule has 0 radical (unpaired) electrons. The summed E-state index contributed by atoms with van der Waals surface area (Å²) in [5.74, 6) is 2.32. The van der Waals surface area contributed by atoms with Gasteiger partial charge in [0.25, 0.3) is 5.91 Å². The third-order valence-electron chi connectivity index (χ3n) is 7.25. The minimum absolute atomic E-state index is 0.00570. The van der Waals surface area contributed by atoms with Crippen LogP contribution in [0.5, 0.6) is 5.75 Å². The maximum Gasteiger partial charge on any atom is 0.287 e. The van der Waals surface area contributed by atoms with Gasteiger partial charge in [-0.15, -0.1) is 0 Å². The first-order valence-electron chi connectivity index (χ1n) is 11.4. The Kier molecular flexibility index (Phi) is 6.14. The number of benzene rings is 2. The Morgan fingerprint density at radius 1 is 0.938 bits per heavy atom. The molecule has 1 unspecified atom stereocenters. The molecule has 1 N–H and O–H groups in total. The number of rotatable bonds is 7. The average molecular weight is 432 g/mol. The lowest BCUT2D eigenvalue weighted by molar-refractivity contribution is 0.0902. The SMILES string of the molecule is COc1ccc(C(NC(=O)c2ccc(Cc3c(C)c(C)c(C)c(C)c3C)o2)C2CC2)cc1. The molecule has 1 aromatic heterocycles. The van der Waals surface area contributed by atoms with Gasteiger partial charge in [-0.05, 0) is 117 Å². The Morgan fingerprint density at radius 2 is 1.53 bits per heavy atom. The first-order chi connectivity index (χ1) is 15.3. The summed E-state index contributed by atoms with van der Waals surface area (Å²) in [6.45, 7) is 10.9. The van der Waals surface area contributed by atoms with Gasteiger partial charge < -0.3 is 14.5 Å². The van der Waals surface area contributed by atoms with E-state index in [0.717, 1.165) is 29.9 Å². The van der Waals surface area contributed by atoms with Crippen molar-refractivity contribution in [3.8, 4) is 5.75 Å². The van der Waals surface area contributed by atoms with Crippen molar-refractivity contribution >= 4 is 5.91 Å². The zero-order valence-electron chi connectivity index (χ0n) is 20.0. The van der Waals surface area contributed by atoms with Gasteiger partial charge in [0.15, 0.2) is 5.76 Å². The second kappa shape index (κ2) is 8.85. The number of methoxy groups -OCH3 is 1. The van der Waals surface area contributed by atoms with Crippen LogP contribution in [0.2, 0.25) is 0 Å². The van der Waals surface area contributed by atoms with Gasteiger partial charge in [-0.25, -0.2) is 0 Å². The van der Waals surface area contributed by atoms with E-state index in [0.29, 0.717) is 18.1 Å². The molecule has 4 heteroatoms. The monoisotopic (exact) mass is 431 g/mol. The van der Waals surface area contributed by atoms with Crippen LogP contribution in [0.25, 0.3) is 0 Å². The number of nitrogens with one attached hydrogen (secondary N) is 1. The predicted molar refractivity (Wildman–Crippen MR) is 128 cm³/mol.